The van der Waals surface area contributed by atoms with Gasteiger partial charge < -0.3 is 4.90 Å². The minimum Gasteiger partial charge on any atom is -0.369 e. The van der Waals surface area contributed by atoms with Crippen LogP contribution in [0.25, 0.3) is 0 Å². The highest BCUT2D eigenvalue weighted by Gasteiger charge is 2.03. The summed E-state index contributed by atoms with van der Waals surface area (Å²) in [4.78, 5) is 3.29. The van der Waals surface area contributed by atoms with E-state index in [1.54, 1.807) is 0 Å². The van der Waals surface area contributed by atoms with Gasteiger partial charge in [-0.05, 0) is 18.4 Å². The van der Waals surface area contributed by atoms with E-state index >= 15 is 0 Å². The SMILES string of the molecule is CCCCN(C)C(=S)CCc1ccccc1. The Balaban J connectivity index is 2.29. The van der Waals surface area contributed by atoms with Gasteiger partial charge in [0.1, 0.15) is 0 Å². The Bertz CT molecular complexity index is 308. The van der Waals surface area contributed by atoms with Gasteiger partial charge in [0, 0.05) is 20.0 Å². The molecule has 2 heteroatoms. The van der Waals surface area contributed by atoms with E-state index in [1.807, 2.05) is 0 Å². The number of benzene rings is 1. The molecule has 1 aromatic carbocycles. The van der Waals surface area contributed by atoms with Crippen molar-refractivity contribution in [3.8, 4) is 0 Å². The second kappa shape index (κ2) is 7.39. The van der Waals surface area contributed by atoms with E-state index in [9.17, 15) is 0 Å². The third-order valence-electron chi connectivity index (χ3n) is 2.74. The summed E-state index contributed by atoms with van der Waals surface area (Å²) in [7, 11) is 2.10. The molecule has 0 saturated carbocycles. The second-order valence-electron chi connectivity index (χ2n) is 4.15. The van der Waals surface area contributed by atoms with Crippen LogP contribution in [0.15, 0.2) is 30.3 Å². The molecular formula is C14H21NS. The van der Waals surface area contributed by atoms with Crippen LogP contribution in [-0.4, -0.2) is 23.5 Å². The topological polar surface area (TPSA) is 3.24 Å². The number of thiocarbonyl (C=S) groups is 1. The molecule has 0 bridgehead atoms. The number of unbranched alkanes of at least 4 members (excludes halogenated alkanes) is 1. The number of rotatable bonds is 6. The predicted octanol–water partition coefficient (Wildman–Crippen LogP) is 3.68. The second-order valence-corrected chi connectivity index (χ2v) is 4.63. The summed E-state index contributed by atoms with van der Waals surface area (Å²) in [6, 6.07) is 10.5. The lowest BCUT2D eigenvalue weighted by molar-refractivity contribution is 0.483. The van der Waals surface area contributed by atoms with Gasteiger partial charge in [0.2, 0.25) is 0 Å². The van der Waals surface area contributed by atoms with Crippen molar-refractivity contribution >= 4 is 17.2 Å². The van der Waals surface area contributed by atoms with E-state index in [-0.39, 0.29) is 0 Å². The molecular weight excluding hydrogens is 214 g/mol. The molecule has 0 fully saturated rings. The molecule has 1 aromatic rings. The zero-order valence-electron chi connectivity index (χ0n) is 10.3. The third-order valence-corrected chi connectivity index (χ3v) is 3.26. The summed E-state index contributed by atoms with van der Waals surface area (Å²) in [5.41, 5.74) is 1.37. The lowest BCUT2D eigenvalue weighted by atomic mass is 10.1. The largest absolute Gasteiger partial charge is 0.369 e. The van der Waals surface area contributed by atoms with Crippen molar-refractivity contribution in [2.24, 2.45) is 0 Å². The van der Waals surface area contributed by atoms with Gasteiger partial charge in [0.15, 0.2) is 0 Å². The first-order chi connectivity index (χ1) is 7.74. The zero-order valence-corrected chi connectivity index (χ0v) is 11.1. The van der Waals surface area contributed by atoms with E-state index in [0.717, 1.165) is 24.4 Å². The number of nitrogens with zero attached hydrogens (tertiary/aromatic N) is 1. The Morgan fingerprint density at radius 1 is 1.25 bits per heavy atom. The first-order valence-electron chi connectivity index (χ1n) is 6.02. The number of hydrogen-bond donors (Lipinski definition) is 0. The summed E-state index contributed by atoms with van der Waals surface area (Å²) in [6.07, 6.45) is 4.49. The molecule has 0 unspecified atom stereocenters. The maximum Gasteiger partial charge on any atom is 0.0780 e. The van der Waals surface area contributed by atoms with Crippen LogP contribution in [0.1, 0.15) is 31.7 Å². The lowest BCUT2D eigenvalue weighted by Gasteiger charge is -2.19. The highest BCUT2D eigenvalue weighted by Crippen LogP contribution is 2.05. The van der Waals surface area contributed by atoms with Gasteiger partial charge in [-0.1, -0.05) is 55.9 Å². The number of hydrogen-bond acceptors (Lipinski definition) is 1. The van der Waals surface area contributed by atoms with Gasteiger partial charge in [-0.3, -0.25) is 0 Å². The third kappa shape index (κ3) is 4.75. The molecule has 0 aliphatic heterocycles. The summed E-state index contributed by atoms with van der Waals surface area (Å²) >= 11 is 5.42. The Hall–Kier alpha value is -0.890. The highest BCUT2D eigenvalue weighted by atomic mass is 32.1. The van der Waals surface area contributed by atoms with Gasteiger partial charge in [-0.2, -0.15) is 0 Å². The van der Waals surface area contributed by atoms with E-state index in [1.165, 1.54) is 18.4 Å². The van der Waals surface area contributed by atoms with Crippen LogP contribution in [0.3, 0.4) is 0 Å². The van der Waals surface area contributed by atoms with E-state index in [4.69, 9.17) is 12.2 Å². The Morgan fingerprint density at radius 2 is 1.94 bits per heavy atom. The summed E-state index contributed by atoms with van der Waals surface area (Å²) in [6.45, 7) is 3.30. The molecule has 0 amide bonds. The van der Waals surface area contributed by atoms with Crippen LogP contribution in [0.4, 0.5) is 0 Å². The normalized spacial score (nSPS) is 10.1. The van der Waals surface area contributed by atoms with Crippen molar-refractivity contribution in [1.82, 2.24) is 4.90 Å². The smallest absolute Gasteiger partial charge is 0.0780 e. The van der Waals surface area contributed by atoms with Crippen molar-refractivity contribution in [2.75, 3.05) is 13.6 Å². The first kappa shape index (κ1) is 13.2. The highest BCUT2D eigenvalue weighted by molar-refractivity contribution is 7.80. The Labute approximate surface area is 104 Å². The van der Waals surface area contributed by atoms with Crippen molar-refractivity contribution in [3.63, 3.8) is 0 Å². The minimum absolute atomic E-state index is 0.986. The fourth-order valence-electron chi connectivity index (χ4n) is 1.61. The lowest BCUT2D eigenvalue weighted by Crippen LogP contribution is -2.26. The summed E-state index contributed by atoms with van der Waals surface area (Å²) < 4.78 is 0. The van der Waals surface area contributed by atoms with E-state index in [0.29, 0.717) is 0 Å². The zero-order chi connectivity index (χ0) is 11.8. The maximum atomic E-state index is 5.42. The molecule has 88 valence electrons. The maximum absolute atomic E-state index is 5.42. The fourth-order valence-corrected chi connectivity index (χ4v) is 1.80. The molecule has 1 rings (SSSR count). The van der Waals surface area contributed by atoms with Crippen molar-refractivity contribution in [1.29, 1.82) is 0 Å². The molecule has 0 radical (unpaired) electrons. The van der Waals surface area contributed by atoms with Crippen LogP contribution in [0, 0.1) is 0 Å². The molecule has 0 spiro atoms. The van der Waals surface area contributed by atoms with Crippen molar-refractivity contribution in [3.05, 3.63) is 35.9 Å². The molecule has 0 aromatic heterocycles. The molecule has 0 N–H and O–H groups in total. The predicted molar refractivity (Wildman–Crippen MR) is 74.9 cm³/mol. The van der Waals surface area contributed by atoms with Gasteiger partial charge in [-0.25, -0.2) is 0 Å². The van der Waals surface area contributed by atoms with E-state index in [2.05, 4.69) is 49.2 Å². The monoisotopic (exact) mass is 235 g/mol. The van der Waals surface area contributed by atoms with Gasteiger partial charge in [0.25, 0.3) is 0 Å². The van der Waals surface area contributed by atoms with Gasteiger partial charge in [-0.15, -0.1) is 0 Å². The first-order valence-corrected chi connectivity index (χ1v) is 6.42. The van der Waals surface area contributed by atoms with Gasteiger partial charge >= 0.3 is 0 Å². The molecule has 0 aliphatic carbocycles. The summed E-state index contributed by atoms with van der Waals surface area (Å²) in [5.74, 6) is 0. The molecule has 0 aliphatic rings. The average molecular weight is 235 g/mol. The van der Waals surface area contributed by atoms with Crippen LogP contribution >= 0.6 is 12.2 Å². The van der Waals surface area contributed by atoms with Crippen molar-refractivity contribution in [2.45, 2.75) is 32.6 Å². The molecule has 16 heavy (non-hydrogen) atoms. The summed E-state index contributed by atoms with van der Waals surface area (Å²) in [5, 5.41) is 0. The van der Waals surface area contributed by atoms with Crippen LogP contribution in [0.5, 0.6) is 0 Å². The van der Waals surface area contributed by atoms with E-state index < -0.39 is 0 Å². The molecule has 0 atom stereocenters. The van der Waals surface area contributed by atoms with Crippen LogP contribution in [0.2, 0.25) is 0 Å². The number of aryl methyl sites for hydroxylation is 1. The molecule has 1 nitrogen and oxygen atoms in total. The quantitative estimate of drug-likeness (QED) is 0.692. The van der Waals surface area contributed by atoms with Crippen LogP contribution < -0.4 is 0 Å². The minimum atomic E-state index is 0.986. The fraction of sp³-hybridized carbons (Fsp3) is 0.500. The van der Waals surface area contributed by atoms with Gasteiger partial charge in [0.05, 0.1) is 4.99 Å². The van der Waals surface area contributed by atoms with Crippen molar-refractivity contribution < 1.29 is 0 Å². The Morgan fingerprint density at radius 3 is 2.56 bits per heavy atom. The Kier molecular flexibility index (Phi) is 6.09. The standard InChI is InChI=1S/C14H21NS/c1-3-4-12-15(2)14(16)11-10-13-8-6-5-7-9-13/h5-9H,3-4,10-12H2,1-2H3. The average Bonchev–Trinajstić information content (AvgIpc) is 2.34. The van der Waals surface area contributed by atoms with Crippen LogP contribution in [-0.2, 0) is 6.42 Å². The molecule has 0 saturated heterocycles. The molecule has 0 heterocycles.